The Balaban J connectivity index is 1.19. The van der Waals surface area contributed by atoms with Crippen LogP contribution in [0.1, 0.15) is 130 Å². The van der Waals surface area contributed by atoms with Gasteiger partial charge in [-0.05, 0) is 87.3 Å². The Morgan fingerprint density at radius 2 is 1.51 bits per heavy atom. The lowest BCUT2D eigenvalue weighted by Crippen LogP contribution is -2.58. The number of epoxide rings is 1. The number of nitrogens with one attached hydrogen (secondary N) is 6. The lowest BCUT2D eigenvalue weighted by molar-refractivity contribution is -0.197. The van der Waals surface area contributed by atoms with Gasteiger partial charge in [0.05, 0.1) is 23.7 Å². The maximum Gasteiger partial charge on any atom is 0.333 e. The molecule has 0 bridgehead atoms. The Hall–Kier alpha value is -6.87. The van der Waals surface area contributed by atoms with Crippen LogP contribution in [0.5, 0.6) is 5.75 Å². The van der Waals surface area contributed by atoms with Crippen molar-refractivity contribution in [3.8, 4) is 5.75 Å². The number of hydrogen-bond donors (Lipinski definition) is 6. The van der Waals surface area contributed by atoms with Gasteiger partial charge in [-0.2, -0.15) is 0 Å². The minimum atomic E-state index is -1.21. The van der Waals surface area contributed by atoms with E-state index in [9.17, 15) is 47.9 Å². The van der Waals surface area contributed by atoms with Gasteiger partial charge in [0.1, 0.15) is 42.1 Å². The molecule has 2 saturated heterocycles. The standard InChI is InChI=1S/C55H74ClN7O14/c1-29(2)25-39-53(72)75-40(13-11-14-42(64)60-38(27-35-19-22-41(74-10)37(56)26-35)51(70)59-33(7)55(8,9)54(73)61-39)31(5)48-49(76-48)36-20-17-34(18-21-36)28-57-50(69)32(6)58-52(71)47(30(3)4)62-43(65)15-12-16-46(68)77-63-44(66)23-24-45(63)67/h11,14,17-22,26,29-33,38-40,47-49H,12-13,15-16,23-25,27-28H2,1-10H3,(H,57,69)(H,58,71)(H,59,70)(H,60,64)(H,61,73)(H,62,65)/b14-11+/t31-,32?,33?,38+,39-,40-,47-,48+,49+/m0/s1. The summed E-state index contributed by atoms with van der Waals surface area (Å²) in [4.78, 5) is 135. The molecular formula is C55H74ClN7O14. The Labute approximate surface area is 454 Å². The van der Waals surface area contributed by atoms with E-state index in [-0.39, 0.29) is 75.9 Å². The predicted octanol–water partition coefficient (Wildman–Crippen LogP) is 4.12. The van der Waals surface area contributed by atoms with Crippen LogP contribution in [0.4, 0.5) is 0 Å². The van der Waals surface area contributed by atoms with Gasteiger partial charge in [0.25, 0.3) is 11.8 Å². The highest BCUT2D eigenvalue weighted by atomic mass is 35.5. The molecule has 2 unspecified atom stereocenters. The largest absolute Gasteiger partial charge is 0.495 e. The second-order valence-electron chi connectivity index (χ2n) is 21.2. The molecule has 5 rings (SSSR count). The molecule has 0 aliphatic carbocycles. The highest BCUT2D eigenvalue weighted by Gasteiger charge is 2.48. The number of nitrogens with zero attached hydrogens (tertiary/aromatic N) is 1. The molecule has 3 heterocycles. The molecule has 420 valence electrons. The van der Waals surface area contributed by atoms with Gasteiger partial charge in [-0.25, -0.2) is 9.59 Å². The molecule has 3 aliphatic rings. The van der Waals surface area contributed by atoms with E-state index < -0.39 is 113 Å². The van der Waals surface area contributed by atoms with Crippen LogP contribution in [0.3, 0.4) is 0 Å². The molecule has 9 atom stereocenters. The summed E-state index contributed by atoms with van der Waals surface area (Å²) in [6.07, 6.45) is 1.32. The van der Waals surface area contributed by atoms with Gasteiger partial charge in [0.15, 0.2) is 0 Å². The van der Waals surface area contributed by atoms with Crippen molar-refractivity contribution in [1.82, 2.24) is 37.0 Å². The van der Waals surface area contributed by atoms with Crippen LogP contribution in [0.25, 0.3) is 0 Å². The molecule has 2 aromatic carbocycles. The Bertz CT molecular complexity index is 2540. The van der Waals surface area contributed by atoms with Crippen molar-refractivity contribution in [3.63, 3.8) is 0 Å². The van der Waals surface area contributed by atoms with Crippen molar-refractivity contribution in [1.29, 1.82) is 0 Å². The van der Waals surface area contributed by atoms with E-state index in [4.69, 9.17) is 30.6 Å². The van der Waals surface area contributed by atoms with Crippen molar-refractivity contribution >= 4 is 70.8 Å². The number of methoxy groups -OCH3 is 1. The molecule has 0 saturated carbocycles. The zero-order chi connectivity index (χ0) is 56.9. The number of halogens is 1. The molecule has 0 aromatic heterocycles. The van der Waals surface area contributed by atoms with E-state index in [1.165, 1.54) is 20.1 Å². The van der Waals surface area contributed by atoms with Gasteiger partial charge in [0, 0.05) is 57.0 Å². The summed E-state index contributed by atoms with van der Waals surface area (Å²) in [5.41, 5.74) is 1.02. The zero-order valence-corrected chi connectivity index (χ0v) is 46.2. The van der Waals surface area contributed by atoms with Crippen molar-refractivity contribution in [2.45, 2.75) is 169 Å². The van der Waals surface area contributed by atoms with E-state index in [0.29, 0.717) is 21.4 Å². The first-order valence-electron chi connectivity index (χ1n) is 26.1. The third-order valence-electron chi connectivity index (χ3n) is 13.9. The number of ether oxygens (including phenoxy) is 3. The lowest BCUT2D eigenvalue weighted by Gasteiger charge is -2.34. The third-order valence-corrected chi connectivity index (χ3v) is 14.2. The third kappa shape index (κ3) is 17.3. The van der Waals surface area contributed by atoms with Crippen molar-refractivity contribution in [3.05, 3.63) is 76.3 Å². The van der Waals surface area contributed by atoms with Crippen LogP contribution in [0.2, 0.25) is 5.02 Å². The number of carbonyl (C=O) groups is 10. The van der Waals surface area contributed by atoms with Gasteiger partial charge in [0.2, 0.25) is 35.4 Å². The first-order chi connectivity index (χ1) is 36.3. The summed E-state index contributed by atoms with van der Waals surface area (Å²) >= 11 is 6.40. The normalized spacial score (nSPS) is 23.6. The summed E-state index contributed by atoms with van der Waals surface area (Å²) in [5, 5.41) is 17.5. The molecule has 0 radical (unpaired) electrons. The molecular weight excluding hydrogens is 1020 g/mol. The number of hydroxylamine groups is 2. The van der Waals surface area contributed by atoms with E-state index in [1.807, 2.05) is 45.0 Å². The van der Waals surface area contributed by atoms with Gasteiger partial charge in [-0.3, -0.25) is 38.4 Å². The Kier molecular flexibility index (Phi) is 21.7. The number of esters is 1. The van der Waals surface area contributed by atoms with Crippen LogP contribution in [0.15, 0.2) is 54.6 Å². The van der Waals surface area contributed by atoms with Crippen LogP contribution in [-0.4, -0.2) is 114 Å². The summed E-state index contributed by atoms with van der Waals surface area (Å²) < 4.78 is 17.7. The second kappa shape index (κ2) is 27.4. The fourth-order valence-corrected chi connectivity index (χ4v) is 8.93. The minimum Gasteiger partial charge on any atom is -0.495 e. The van der Waals surface area contributed by atoms with Gasteiger partial charge < -0.3 is 50.9 Å². The summed E-state index contributed by atoms with van der Waals surface area (Å²) in [5.74, 6) is -6.18. The SMILES string of the molecule is COc1ccc(C[C@H]2NC(=O)/C=C/C[C@@H]([C@H](C)[C@H]3O[C@@H]3c3ccc(CNC(=O)C(C)NC(=O)[C@@H](NC(=O)CCCC(=O)ON4C(=O)CCC4=O)C(C)C)cc3)OC(=O)[C@H](CC(C)C)NC(=O)C(C)(C)C(C)NC2=O)cc1Cl. The number of rotatable bonds is 20. The van der Waals surface area contributed by atoms with Crippen molar-refractivity contribution in [2.24, 2.45) is 23.2 Å². The molecule has 21 nitrogen and oxygen atoms in total. The molecule has 2 fully saturated rings. The average molecular weight is 1090 g/mol. The second-order valence-corrected chi connectivity index (χ2v) is 21.6. The number of hydrogen-bond acceptors (Lipinski definition) is 14. The molecule has 3 aliphatic heterocycles. The maximum absolute atomic E-state index is 14.1. The highest BCUT2D eigenvalue weighted by molar-refractivity contribution is 6.32. The zero-order valence-electron chi connectivity index (χ0n) is 45.5. The maximum atomic E-state index is 14.1. The fraction of sp³-hybridized carbons (Fsp3) is 0.564. The molecule has 6 N–H and O–H groups in total. The Morgan fingerprint density at radius 1 is 0.844 bits per heavy atom. The average Bonchev–Trinajstić information content (AvgIpc) is 4.11. The first kappa shape index (κ1) is 61.0. The van der Waals surface area contributed by atoms with Gasteiger partial charge >= 0.3 is 11.9 Å². The fourth-order valence-electron chi connectivity index (χ4n) is 8.65. The first-order valence-corrected chi connectivity index (χ1v) is 26.5. The highest BCUT2D eigenvalue weighted by Crippen LogP contribution is 2.45. The minimum absolute atomic E-state index is 0.0109. The predicted molar refractivity (Wildman–Crippen MR) is 281 cm³/mol. The molecule has 22 heteroatoms. The molecule has 77 heavy (non-hydrogen) atoms. The van der Waals surface area contributed by atoms with E-state index in [1.54, 1.807) is 58.9 Å². The van der Waals surface area contributed by atoms with Crippen molar-refractivity contribution < 1.29 is 67.0 Å². The smallest absolute Gasteiger partial charge is 0.333 e. The van der Waals surface area contributed by atoms with Crippen LogP contribution in [0, 0.1) is 23.2 Å². The monoisotopic (exact) mass is 1090 g/mol. The lowest BCUT2D eigenvalue weighted by atomic mass is 9.83. The summed E-state index contributed by atoms with van der Waals surface area (Å²) in [6.45, 7) is 15.8. The van der Waals surface area contributed by atoms with Crippen LogP contribution in [-0.2, 0) is 75.2 Å². The molecule has 8 amide bonds. The quantitative estimate of drug-likeness (QED) is 0.0618. The number of cyclic esters (lactones) is 1. The molecule has 0 spiro atoms. The summed E-state index contributed by atoms with van der Waals surface area (Å²) in [6, 6.07) is 7.64. The van der Waals surface area contributed by atoms with Crippen LogP contribution >= 0.6 is 11.6 Å². The number of carbonyl (C=O) groups excluding carboxylic acids is 10. The van der Waals surface area contributed by atoms with E-state index in [0.717, 1.165) is 11.1 Å². The molecule has 2 aromatic rings. The number of benzene rings is 2. The van der Waals surface area contributed by atoms with Crippen LogP contribution < -0.4 is 36.6 Å². The van der Waals surface area contributed by atoms with E-state index in [2.05, 4.69) is 31.9 Å². The van der Waals surface area contributed by atoms with Crippen molar-refractivity contribution in [2.75, 3.05) is 7.11 Å². The van der Waals surface area contributed by atoms with Gasteiger partial charge in [-0.1, -0.05) is 82.6 Å². The van der Waals surface area contributed by atoms with E-state index >= 15 is 0 Å². The summed E-state index contributed by atoms with van der Waals surface area (Å²) in [7, 11) is 1.49. The Morgan fingerprint density at radius 3 is 2.13 bits per heavy atom. The number of amides is 8. The topological polar surface area (TPSA) is 286 Å². The number of imide groups is 1. The van der Waals surface area contributed by atoms with Gasteiger partial charge in [-0.15, -0.1) is 5.06 Å².